The van der Waals surface area contributed by atoms with Gasteiger partial charge in [0, 0.05) is 12.8 Å². The number of carbonyl (C=O) groups is 3. The summed E-state index contributed by atoms with van der Waals surface area (Å²) in [6.45, 7) is 23.2. The zero-order valence-corrected chi connectivity index (χ0v) is 32.5. The molecule has 0 aliphatic carbocycles. The Morgan fingerprint density at radius 1 is 0.640 bits per heavy atom. The molecule has 0 bridgehead atoms. The predicted octanol–water partition coefficient (Wildman–Crippen LogP) is 7.13. The molecule has 0 spiro atoms. The van der Waals surface area contributed by atoms with Crippen molar-refractivity contribution in [2.24, 2.45) is 5.41 Å². The Labute approximate surface area is 299 Å². The molecular formula is C41H62O9. The van der Waals surface area contributed by atoms with Gasteiger partial charge in [0.1, 0.15) is 31.3 Å². The summed E-state index contributed by atoms with van der Waals surface area (Å²) >= 11 is 0. The summed E-state index contributed by atoms with van der Waals surface area (Å²) < 4.78 is 16.2. The standard InChI is InChI=1S/C41H62O9/c1-37(2,3)30-17-27(18-31(35(30)46)38(4,5)6)13-15-29(44)21-48-23-41(22-42,24-49-26-43)25-50-34(45)16-14-28-19-32(39(7,8)9)36(47)33(20-28)40(10,11)12/h17-20,26,42,46-47H,13-16,21-25H2,1-12H3. The van der Waals surface area contributed by atoms with Crippen LogP contribution in [0.25, 0.3) is 0 Å². The number of phenolic OH excluding ortho intramolecular Hbond substituents is 2. The number of esters is 1. The minimum absolute atomic E-state index is 0.0540. The fourth-order valence-corrected chi connectivity index (χ4v) is 5.73. The zero-order valence-electron chi connectivity index (χ0n) is 32.5. The van der Waals surface area contributed by atoms with Gasteiger partial charge >= 0.3 is 5.97 Å². The van der Waals surface area contributed by atoms with E-state index in [0.29, 0.717) is 12.8 Å². The Kier molecular flexibility index (Phi) is 14.3. The smallest absolute Gasteiger partial charge is 0.306 e. The van der Waals surface area contributed by atoms with Gasteiger partial charge in [0.25, 0.3) is 6.47 Å². The molecule has 0 amide bonds. The molecule has 0 aliphatic rings. The lowest BCUT2D eigenvalue weighted by atomic mass is 9.78. The SMILES string of the molecule is CC(C)(C)c1cc(CCC(=O)COCC(CO)(COC=O)COC(=O)CCc2cc(C(C)(C)C)c(O)c(C(C)(C)C)c2)cc(C(C)(C)C)c1O. The number of ketones is 1. The van der Waals surface area contributed by atoms with Crippen LogP contribution in [-0.4, -0.2) is 66.6 Å². The van der Waals surface area contributed by atoms with Crippen LogP contribution in [0.5, 0.6) is 11.5 Å². The van der Waals surface area contributed by atoms with Crippen LogP contribution in [0.4, 0.5) is 0 Å². The third-order valence-corrected chi connectivity index (χ3v) is 8.89. The van der Waals surface area contributed by atoms with Crippen molar-refractivity contribution in [1.29, 1.82) is 0 Å². The highest BCUT2D eigenvalue weighted by Crippen LogP contribution is 2.41. The van der Waals surface area contributed by atoms with Gasteiger partial charge in [0.2, 0.25) is 0 Å². The van der Waals surface area contributed by atoms with Crippen LogP contribution >= 0.6 is 0 Å². The Balaban J connectivity index is 2.07. The van der Waals surface area contributed by atoms with E-state index in [2.05, 4.69) is 0 Å². The molecule has 0 fully saturated rings. The van der Waals surface area contributed by atoms with Gasteiger partial charge in [0.15, 0.2) is 5.78 Å². The molecule has 0 saturated heterocycles. The monoisotopic (exact) mass is 698 g/mol. The number of aliphatic hydroxyl groups is 1. The Hall–Kier alpha value is -3.43. The number of hydrogen-bond acceptors (Lipinski definition) is 9. The van der Waals surface area contributed by atoms with Crippen molar-refractivity contribution in [2.45, 2.75) is 130 Å². The predicted molar refractivity (Wildman–Crippen MR) is 196 cm³/mol. The maximum atomic E-state index is 12.9. The van der Waals surface area contributed by atoms with Gasteiger partial charge in [-0.15, -0.1) is 0 Å². The van der Waals surface area contributed by atoms with Gasteiger partial charge in [0.05, 0.1) is 18.6 Å². The summed E-state index contributed by atoms with van der Waals surface area (Å²) in [4.78, 5) is 36.8. The van der Waals surface area contributed by atoms with Crippen LogP contribution in [0.1, 0.15) is 129 Å². The van der Waals surface area contributed by atoms with Crippen LogP contribution in [0.3, 0.4) is 0 Å². The van der Waals surface area contributed by atoms with Crippen molar-refractivity contribution < 1.29 is 43.9 Å². The van der Waals surface area contributed by atoms with Crippen molar-refractivity contribution >= 4 is 18.2 Å². The number of aryl methyl sites for hydroxylation is 2. The minimum atomic E-state index is -1.26. The van der Waals surface area contributed by atoms with E-state index in [4.69, 9.17) is 14.2 Å². The zero-order chi connectivity index (χ0) is 38.3. The number of hydrogen-bond donors (Lipinski definition) is 3. The molecule has 1 atom stereocenters. The van der Waals surface area contributed by atoms with E-state index >= 15 is 0 Å². The Morgan fingerprint density at radius 3 is 1.40 bits per heavy atom. The molecule has 9 heteroatoms. The first-order chi connectivity index (χ1) is 22.8. The average molecular weight is 699 g/mol. The van der Waals surface area contributed by atoms with Gasteiger partial charge < -0.3 is 29.5 Å². The lowest BCUT2D eigenvalue weighted by Gasteiger charge is -2.30. The molecule has 2 aromatic carbocycles. The molecule has 50 heavy (non-hydrogen) atoms. The molecule has 2 aromatic rings. The van der Waals surface area contributed by atoms with E-state index < -0.39 is 18.0 Å². The van der Waals surface area contributed by atoms with Gasteiger partial charge in [-0.05, 0) is 67.9 Å². The highest BCUT2D eigenvalue weighted by atomic mass is 16.5. The quantitative estimate of drug-likeness (QED) is 0.123. The molecule has 0 saturated carbocycles. The first-order valence-electron chi connectivity index (χ1n) is 17.5. The molecule has 0 radical (unpaired) electrons. The number of benzene rings is 2. The lowest BCUT2D eigenvalue weighted by molar-refractivity contribution is -0.156. The topological polar surface area (TPSA) is 140 Å². The molecular weight excluding hydrogens is 636 g/mol. The number of aromatic hydroxyl groups is 2. The van der Waals surface area contributed by atoms with Gasteiger partial charge in [-0.2, -0.15) is 0 Å². The maximum absolute atomic E-state index is 12.9. The molecule has 1 unspecified atom stereocenters. The van der Waals surface area contributed by atoms with Crippen LogP contribution in [-0.2, 0) is 63.1 Å². The van der Waals surface area contributed by atoms with Crippen LogP contribution in [0.2, 0.25) is 0 Å². The number of ether oxygens (including phenoxy) is 3. The van der Waals surface area contributed by atoms with Crippen molar-refractivity contribution in [3.8, 4) is 11.5 Å². The number of Topliss-reactive ketones (excluding diaryl/α,β-unsaturated/α-hetero) is 1. The minimum Gasteiger partial charge on any atom is -0.507 e. The van der Waals surface area contributed by atoms with E-state index in [1.54, 1.807) is 0 Å². The van der Waals surface area contributed by atoms with E-state index in [9.17, 15) is 29.7 Å². The average Bonchev–Trinajstić information content (AvgIpc) is 2.98. The lowest BCUT2D eigenvalue weighted by Crippen LogP contribution is -2.41. The number of phenols is 2. The van der Waals surface area contributed by atoms with Gasteiger partial charge in [-0.1, -0.05) is 107 Å². The first-order valence-corrected chi connectivity index (χ1v) is 17.5. The number of carbonyl (C=O) groups excluding carboxylic acids is 3. The summed E-state index contributed by atoms with van der Waals surface area (Å²) in [5.41, 5.74) is 2.66. The van der Waals surface area contributed by atoms with E-state index in [1.165, 1.54) is 0 Å². The molecule has 0 heterocycles. The molecule has 0 aliphatic heterocycles. The molecule has 0 aromatic heterocycles. The molecule has 9 nitrogen and oxygen atoms in total. The van der Waals surface area contributed by atoms with Crippen LogP contribution < -0.4 is 0 Å². The Morgan fingerprint density at radius 2 is 1.04 bits per heavy atom. The molecule has 2 rings (SSSR count). The summed E-state index contributed by atoms with van der Waals surface area (Å²) in [7, 11) is 0. The second kappa shape index (κ2) is 16.7. The number of aliphatic hydroxyl groups excluding tert-OH is 1. The fourth-order valence-electron chi connectivity index (χ4n) is 5.73. The first kappa shape index (κ1) is 42.7. The molecule has 3 N–H and O–H groups in total. The van der Waals surface area contributed by atoms with Crippen molar-refractivity contribution in [1.82, 2.24) is 0 Å². The van der Waals surface area contributed by atoms with Crippen molar-refractivity contribution in [3.05, 3.63) is 57.6 Å². The van der Waals surface area contributed by atoms with Crippen molar-refractivity contribution in [2.75, 3.05) is 33.0 Å². The summed E-state index contributed by atoms with van der Waals surface area (Å²) in [5.74, 6) is -0.119. The van der Waals surface area contributed by atoms with E-state index in [-0.39, 0.29) is 84.7 Å². The van der Waals surface area contributed by atoms with Crippen LogP contribution in [0, 0.1) is 5.41 Å². The fraction of sp³-hybridized carbons (Fsp3) is 0.634. The van der Waals surface area contributed by atoms with Crippen molar-refractivity contribution in [3.63, 3.8) is 0 Å². The van der Waals surface area contributed by atoms with E-state index in [0.717, 1.165) is 33.4 Å². The van der Waals surface area contributed by atoms with Gasteiger partial charge in [-0.25, -0.2) is 0 Å². The maximum Gasteiger partial charge on any atom is 0.306 e. The second-order valence-corrected chi connectivity index (χ2v) is 17.8. The van der Waals surface area contributed by atoms with Crippen LogP contribution in [0.15, 0.2) is 24.3 Å². The summed E-state index contributed by atoms with van der Waals surface area (Å²) in [6, 6.07) is 7.76. The highest BCUT2D eigenvalue weighted by Gasteiger charge is 2.34. The Bertz CT molecular complexity index is 1410. The number of rotatable bonds is 16. The molecule has 280 valence electrons. The summed E-state index contributed by atoms with van der Waals surface area (Å²) in [5, 5.41) is 32.3. The third-order valence-electron chi connectivity index (χ3n) is 8.89. The normalized spacial score (nSPS) is 13.9. The van der Waals surface area contributed by atoms with E-state index in [1.807, 2.05) is 107 Å². The largest absolute Gasteiger partial charge is 0.507 e. The third kappa shape index (κ3) is 12.1. The van der Waals surface area contributed by atoms with Gasteiger partial charge in [-0.3, -0.25) is 14.4 Å². The highest BCUT2D eigenvalue weighted by molar-refractivity contribution is 5.80. The summed E-state index contributed by atoms with van der Waals surface area (Å²) in [6.07, 6.45) is 1.09. The second-order valence-electron chi connectivity index (χ2n) is 17.8.